The van der Waals surface area contributed by atoms with Crippen LogP contribution in [0.1, 0.15) is 112 Å². The Morgan fingerprint density at radius 1 is 0.827 bits per heavy atom. The van der Waals surface area contributed by atoms with Crippen molar-refractivity contribution < 1.29 is 47.9 Å². The highest BCUT2D eigenvalue weighted by atomic mass is 32.2. The zero-order chi connectivity index (χ0) is 37.7. The molecule has 52 heavy (non-hydrogen) atoms. The van der Waals surface area contributed by atoms with Gasteiger partial charge in [0, 0.05) is 17.6 Å². The molecule has 1 aromatic carbocycles. The highest BCUT2D eigenvalue weighted by Gasteiger charge is 2.73. The van der Waals surface area contributed by atoms with Crippen molar-refractivity contribution in [1.82, 2.24) is 0 Å². The molecule has 0 heterocycles. The van der Waals surface area contributed by atoms with Crippen LogP contribution in [0, 0.1) is 34.5 Å². The fraction of sp³-hybridized carbons (Fsp3) is 0.805. The summed E-state index contributed by atoms with van der Waals surface area (Å²) in [6.45, 7) is 17.3. The molecule has 5 atom stereocenters. The number of aliphatic hydroxyl groups is 1. The average Bonchev–Trinajstić information content (AvgIpc) is 3.82. The lowest BCUT2D eigenvalue weighted by atomic mass is 9.49. The van der Waals surface area contributed by atoms with E-state index in [-0.39, 0.29) is 49.2 Å². The highest BCUT2D eigenvalue weighted by Crippen LogP contribution is 2.70. The van der Waals surface area contributed by atoms with Crippen LogP contribution in [0.25, 0.3) is 0 Å². The normalized spacial score (nSPS) is 31.0. The zero-order valence-corrected chi connectivity index (χ0v) is 33.5. The van der Waals surface area contributed by atoms with Crippen molar-refractivity contribution in [2.75, 3.05) is 39.6 Å². The molecule has 5 fully saturated rings. The van der Waals surface area contributed by atoms with Crippen molar-refractivity contribution in [3.63, 3.8) is 0 Å². The maximum Gasteiger partial charge on any atom is 0.314 e. The summed E-state index contributed by atoms with van der Waals surface area (Å²) in [6, 6.07) is 7.43. The number of ether oxygens (including phenoxy) is 7. The number of rotatable bonds is 22. The number of carbonyl (C=O) groups excluding carboxylic acids is 2. The van der Waals surface area contributed by atoms with Crippen molar-refractivity contribution in [2.24, 2.45) is 34.5 Å². The molecule has 0 radical (unpaired) electrons. The molecular weight excluding hydrogens is 685 g/mol. The first-order valence-corrected chi connectivity index (χ1v) is 20.6. The van der Waals surface area contributed by atoms with Crippen LogP contribution in [-0.2, 0) is 38.0 Å². The third-order valence-corrected chi connectivity index (χ3v) is 13.7. The van der Waals surface area contributed by atoms with Crippen LogP contribution in [0.4, 0.5) is 0 Å². The monoisotopic (exact) mass is 748 g/mol. The molecule has 0 aliphatic heterocycles. The zero-order valence-electron chi connectivity index (χ0n) is 32.7. The van der Waals surface area contributed by atoms with E-state index in [1.54, 1.807) is 19.1 Å². The van der Waals surface area contributed by atoms with Crippen molar-refractivity contribution in [2.45, 2.75) is 135 Å². The summed E-state index contributed by atoms with van der Waals surface area (Å²) in [7, 11) is 0. The van der Waals surface area contributed by atoms with Gasteiger partial charge in [0.1, 0.15) is 11.4 Å². The molecule has 0 saturated heterocycles. The van der Waals surface area contributed by atoms with Gasteiger partial charge in [-0.25, -0.2) is 0 Å². The summed E-state index contributed by atoms with van der Waals surface area (Å²) in [6.07, 6.45) is 6.28. The molecule has 4 bridgehead atoms. The van der Waals surface area contributed by atoms with Crippen molar-refractivity contribution in [3.05, 3.63) is 29.8 Å². The van der Waals surface area contributed by atoms with E-state index < -0.39 is 29.5 Å². The SMILES string of the molecule is CCC1(OC(=O)C2(C(C)(C)C(OCCOC(C)OCCOC(C)OCCO)c3ccc(OC(C)=O)cc3)CC2SC(C)C)C2CC3CC(C2)CC1C3. The molecule has 5 saturated carbocycles. The number of aliphatic hydroxyl groups excluding tert-OH is 1. The Kier molecular flexibility index (Phi) is 14.2. The Hall–Kier alpha value is -1.73. The standard InChI is InChI=1S/C41H64O10S/c1-9-41(33-21-30-20-31(23-33)24-34(41)22-30)51-38(44)40(25-36(40)52-26(2)3)39(7,8)37(32-10-12-35(13-11-32)50-27(4)43)49-19-18-48-29(6)47-17-16-46-28(5)45-15-14-42/h10-13,26,28-31,33-34,36-37,42H,9,14-25H2,1-8H3. The number of benzene rings is 1. The molecule has 5 aliphatic rings. The van der Waals surface area contributed by atoms with E-state index in [0.717, 1.165) is 30.2 Å². The second-order valence-electron chi connectivity index (χ2n) is 16.3. The van der Waals surface area contributed by atoms with Crippen LogP contribution in [0.5, 0.6) is 5.75 Å². The van der Waals surface area contributed by atoms with E-state index >= 15 is 4.79 Å². The number of hydrogen-bond acceptors (Lipinski definition) is 11. The van der Waals surface area contributed by atoms with Gasteiger partial charge in [0.05, 0.1) is 51.2 Å². The van der Waals surface area contributed by atoms with Gasteiger partial charge in [-0.3, -0.25) is 9.59 Å². The van der Waals surface area contributed by atoms with Crippen molar-refractivity contribution in [1.29, 1.82) is 0 Å². The van der Waals surface area contributed by atoms with E-state index in [4.69, 9.17) is 38.3 Å². The minimum absolute atomic E-state index is 0.0571. The first-order valence-electron chi connectivity index (χ1n) is 19.6. The minimum atomic E-state index is -0.743. The Morgan fingerprint density at radius 2 is 1.35 bits per heavy atom. The second kappa shape index (κ2) is 17.8. The van der Waals surface area contributed by atoms with Crippen molar-refractivity contribution >= 4 is 23.7 Å². The smallest absolute Gasteiger partial charge is 0.314 e. The Morgan fingerprint density at radius 3 is 1.83 bits per heavy atom. The molecule has 6 rings (SSSR count). The van der Waals surface area contributed by atoms with E-state index in [2.05, 4.69) is 34.6 Å². The number of hydrogen-bond donors (Lipinski definition) is 1. The molecule has 294 valence electrons. The second-order valence-corrected chi connectivity index (χ2v) is 18.1. The largest absolute Gasteiger partial charge is 0.458 e. The lowest BCUT2D eigenvalue weighted by Crippen LogP contribution is -2.60. The first-order chi connectivity index (χ1) is 24.7. The molecule has 5 aliphatic carbocycles. The average molecular weight is 749 g/mol. The maximum absolute atomic E-state index is 15.1. The number of esters is 2. The molecule has 1 aromatic rings. The predicted molar refractivity (Wildman–Crippen MR) is 200 cm³/mol. The Labute approximate surface area is 315 Å². The van der Waals surface area contributed by atoms with Gasteiger partial charge in [-0.1, -0.05) is 46.8 Å². The minimum Gasteiger partial charge on any atom is -0.458 e. The van der Waals surface area contributed by atoms with Gasteiger partial charge in [0.25, 0.3) is 0 Å². The van der Waals surface area contributed by atoms with E-state index in [0.29, 0.717) is 36.0 Å². The van der Waals surface area contributed by atoms with Gasteiger partial charge in [0.2, 0.25) is 0 Å². The quantitative estimate of drug-likeness (QED) is 0.0550. The lowest BCUT2D eigenvalue weighted by Gasteiger charge is -2.60. The van der Waals surface area contributed by atoms with Crippen LogP contribution in [0.2, 0.25) is 0 Å². The van der Waals surface area contributed by atoms with E-state index in [1.165, 1.54) is 39.0 Å². The van der Waals surface area contributed by atoms with Gasteiger partial charge in [-0.05, 0) is 105 Å². The number of thioether (sulfide) groups is 1. The molecule has 1 N–H and O–H groups in total. The first kappa shape index (κ1) is 41.4. The summed E-state index contributed by atoms with van der Waals surface area (Å²) < 4.78 is 41.7. The Bertz CT molecular complexity index is 1290. The molecule has 0 amide bonds. The molecular formula is C41H64O10S. The number of carbonyl (C=O) groups is 2. The summed E-state index contributed by atoms with van der Waals surface area (Å²) in [5, 5.41) is 9.37. The van der Waals surface area contributed by atoms with Gasteiger partial charge >= 0.3 is 11.9 Å². The lowest BCUT2D eigenvalue weighted by molar-refractivity contribution is -0.222. The third-order valence-electron chi connectivity index (χ3n) is 12.3. The molecule has 5 unspecified atom stereocenters. The topological polar surface area (TPSA) is 119 Å². The summed E-state index contributed by atoms with van der Waals surface area (Å²) in [4.78, 5) is 26.7. The highest BCUT2D eigenvalue weighted by molar-refractivity contribution is 8.00. The van der Waals surface area contributed by atoms with E-state index in [1.807, 2.05) is 30.8 Å². The summed E-state index contributed by atoms with van der Waals surface area (Å²) in [5.41, 5.74) is -0.890. The van der Waals surface area contributed by atoms with Crippen LogP contribution >= 0.6 is 11.8 Å². The van der Waals surface area contributed by atoms with Crippen LogP contribution in [0.15, 0.2) is 24.3 Å². The van der Waals surface area contributed by atoms with Gasteiger partial charge < -0.3 is 38.3 Å². The van der Waals surface area contributed by atoms with Gasteiger partial charge in [-0.15, -0.1) is 0 Å². The van der Waals surface area contributed by atoms with Crippen LogP contribution in [-0.4, -0.2) is 85.4 Å². The fourth-order valence-electron chi connectivity index (χ4n) is 9.90. The molecule has 0 spiro atoms. The maximum atomic E-state index is 15.1. The Balaban J connectivity index is 1.32. The predicted octanol–water partition coefficient (Wildman–Crippen LogP) is 7.49. The third kappa shape index (κ3) is 9.20. The summed E-state index contributed by atoms with van der Waals surface area (Å²) >= 11 is 1.86. The van der Waals surface area contributed by atoms with E-state index in [9.17, 15) is 4.79 Å². The summed E-state index contributed by atoms with van der Waals surface area (Å²) in [5.74, 6) is 2.48. The molecule has 11 heteroatoms. The molecule has 0 aromatic heterocycles. The van der Waals surface area contributed by atoms with Crippen molar-refractivity contribution in [3.8, 4) is 5.75 Å². The fourth-order valence-corrected chi connectivity index (χ4v) is 11.5. The van der Waals surface area contributed by atoms with Gasteiger partial charge in [-0.2, -0.15) is 11.8 Å². The van der Waals surface area contributed by atoms with Crippen LogP contribution < -0.4 is 4.74 Å². The van der Waals surface area contributed by atoms with Gasteiger partial charge in [0.15, 0.2) is 12.6 Å². The molecule has 10 nitrogen and oxygen atoms in total. The van der Waals surface area contributed by atoms with Crippen LogP contribution in [0.3, 0.4) is 0 Å².